The highest BCUT2D eigenvalue weighted by molar-refractivity contribution is 5.94. The molecule has 0 fully saturated rings. The van der Waals surface area contributed by atoms with Crippen molar-refractivity contribution >= 4 is 23.7 Å². The molecular weight excluding hydrogens is 350 g/mol. The summed E-state index contributed by atoms with van der Waals surface area (Å²) in [5, 5.41) is 9.66. The lowest BCUT2D eigenvalue weighted by Gasteiger charge is -2.21. The Labute approximate surface area is 160 Å². The van der Waals surface area contributed by atoms with Crippen molar-refractivity contribution in [3.05, 3.63) is 11.8 Å². The summed E-state index contributed by atoms with van der Waals surface area (Å²) < 4.78 is 6.37. The van der Waals surface area contributed by atoms with Gasteiger partial charge < -0.3 is 20.3 Å². The van der Waals surface area contributed by atoms with Gasteiger partial charge in [0.15, 0.2) is 0 Å². The zero-order valence-electron chi connectivity index (χ0n) is 17.1. The number of nitrogens with zero attached hydrogens (tertiary/aromatic N) is 3. The van der Waals surface area contributed by atoms with Crippen molar-refractivity contribution in [1.82, 2.24) is 20.0 Å². The predicted octanol–water partition coefficient (Wildman–Crippen LogP) is 1.64. The molecule has 0 aliphatic rings. The lowest BCUT2D eigenvalue weighted by molar-refractivity contribution is -0.141. The lowest BCUT2D eigenvalue weighted by Crippen LogP contribution is -2.46. The molecule has 152 valence electrons. The maximum atomic E-state index is 12.4. The van der Waals surface area contributed by atoms with E-state index in [1.54, 1.807) is 18.7 Å². The zero-order chi connectivity index (χ0) is 20.6. The number of amides is 3. The van der Waals surface area contributed by atoms with Crippen molar-refractivity contribution in [2.45, 2.75) is 46.5 Å². The molecule has 0 aliphatic heterocycles. The Balaban J connectivity index is 2.69. The van der Waals surface area contributed by atoms with Crippen LogP contribution < -0.4 is 10.6 Å². The molecule has 1 aromatic heterocycles. The number of aryl methyl sites for hydroxylation is 1. The summed E-state index contributed by atoms with van der Waals surface area (Å²) in [6.45, 7) is 9.99. The normalized spacial score (nSPS) is 11.0. The highest BCUT2D eigenvalue weighted by atomic mass is 16.5. The van der Waals surface area contributed by atoms with E-state index in [2.05, 4.69) is 15.7 Å². The quantitative estimate of drug-likeness (QED) is 0.666. The van der Waals surface area contributed by atoms with E-state index in [1.165, 1.54) is 4.90 Å². The van der Waals surface area contributed by atoms with Gasteiger partial charge in [-0.3, -0.25) is 14.3 Å². The van der Waals surface area contributed by atoms with E-state index in [9.17, 15) is 14.4 Å². The third-order valence-corrected chi connectivity index (χ3v) is 3.72. The number of nitrogens with one attached hydrogen (secondary N) is 2. The molecule has 0 unspecified atom stereocenters. The number of ether oxygens (including phenoxy) is 1. The van der Waals surface area contributed by atoms with Crippen LogP contribution in [-0.4, -0.2) is 58.8 Å². The average molecular weight is 381 g/mol. The van der Waals surface area contributed by atoms with Gasteiger partial charge in [0.25, 0.3) is 0 Å². The summed E-state index contributed by atoms with van der Waals surface area (Å²) in [6.07, 6.45) is 0.681. The van der Waals surface area contributed by atoms with E-state index in [0.717, 1.165) is 5.69 Å². The van der Waals surface area contributed by atoms with Crippen molar-refractivity contribution in [2.75, 3.05) is 31.6 Å². The Hall–Kier alpha value is -2.58. The van der Waals surface area contributed by atoms with E-state index in [1.807, 2.05) is 33.8 Å². The van der Waals surface area contributed by atoms with Crippen LogP contribution in [0.15, 0.2) is 6.07 Å². The van der Waals surface area contributed by atoms with E-state index < -0.39 is 12.0 Å². The van der Waals surface area contributed by atoms with Crippen LogP contribution in [0.4, 0.5) is 10.6 Å². The summed E-state index contributed by atoms with van der Waals surface area (Å²) >= 11 is 0. The van der Waals surface area contributed by atoms with Gasteiger partial charge in [-0.1, -0.05) is 27.7 Å². The van der Waals surface area contributed by atoms with Crippen LogP contribution >= 0.6 is 0 Å². The number of esters is 1. The number of anilines is 1. The number of carbonyl (C=O) groups excluding carboxylic acids is 3. The van der Waals surface area contributed by atoms with Gasteiger partial charge in [-0.15, -0.1) is 0 Å². The molecule has 1 heterocycles. The molecule has 0 aromatic carbocycles. The number of carbonyl (C=O) groups is 3. The maximum Gasteiger partial charge on any atom is 0.325 e. The van der Waals surface area contributed by atoms with E-state index in [-0.39, 0.29) is 31.0 Å². The molecule has 1 aromatic rings. The summed E-state index contributed by atoms with van der Waals surface area (Å²) in [5.74, 6) is -0.289. The first-order valence-electron chi connectivity index (χ1n) is 9.11. The molecule has 0 aliphatic carbocycles. The maximum absolute atomic E-state index is 12.4. The predicted molar refractivity (Wildman–Crippen MR) is 102 cm³/mol. The molecule has 1 rings (SSSR count). The van der Waals surface area contributed by atoms with E-state index in [4.69, 9.17) is 4.74 Å². The highest BCUT2D eigenvalue weighted by Crippen LogP contribution is 2.23. The largest absolute Gasteiger partial charge is 0.465 e. The summed E-state index contributed by atoms with van der Waals surface area (Å²) in [4.78, 5) is 37.4. The second kappa shape index (κ2) is 9.94. The van der Waals surface area contributed by atoms with Gasteiger partial charge in [0.05, 0.1) is 12.3 Å². The topological polar surface area (TPSA) is 106 Å². The van der Waals surface area contributed by atoms with Crippen LogP contribution in [0, 0.1) is 0 Å². The van der Waals surface area contributed by atoms with E-state index >= 15 is 0 Å². The number of hydrogen-bond acceptors (Lipinski definition) is 5. The minimum absolute atomic E-state index is 0.126. The minimum atomic E-state index is -0.517. The monoisotopic (exact) mass is 381 g/mol. The second-order valence-electron chi connectivity index (χ2n) is 7.22. The molecular formula is C18H31N5O4. The Morgan fingerprint density at radius 1 is 1.26 bits per heavy atom. The fourth-order valence-corrected chi connectivity index (χ4v) is 2.30. The molecule has 3 amide bonds. The summed E-state index contributed by atoms with van der Waals surface area (Å²) in [7, 11) is 1.75. The van der Waals surface area contributed by atoms with Gasteiger partial charge in [-0.2, -0.15) is 5.10 Å². The van der Waals surface area contributed by atoms with Crippen LogP contribution in [0.3, 0.4) is 0 Å². The molecule has 0 radical (unpaired) electrons. The van der Waals surface area contributed by atoms with Gasteiger partial charge in [0.2, 0.25) is 5.91 Å². The van der Waals surface area contributed by atoms with Crippen LogP contribution in [0.1, 0.15) is 46.7 Å². The third kappa shape index (κ3) is 7.28. The molecule has 2 N–H and O–H groups in total. The molecule has 9 heteroatoms. The Bertz CT molecular complexity index is 663. The molecule has 0 atom stereocenters. The van der Waals surface area contributed by atoms with Gasteiger partial charge >= 0.3 is 12.0 Å². The zero-order valence-corrected chi connectivity index (χ0v) is 17.1. The average Bonchev–Trinajstić information content (AvgIpc) is 2.93. The fourth-order valence-electron chi connectivity index (χ4n) is 2.30. The smallest absolute Gasteiger partial charge is 0.325 e. The number of rotatable bonds is 8. The number of aromatic nitrogens is 2. The number of urea groups is 1. The third-order valence-electron chi connectivity index (χ3n) is 3.72. The van der Waals surface area contributed by atoms with Crippen LogP contribution in [0.2, 0.25) is 0 Å². The SMILES string of the molecule is CCCN(CC(=O)Nc1cc(C(C)(C)C)nn1C)C(=O)NCC(=O)OCC. The Morgan fingerprint density at radius 2 is 1.93 bits per heavy atom. The van der Waals surface area contributed by atoms with Crippen molar-refractivity contribution in [2.24, 2.45) is 7.05 Å². The standard InChI is InChI=1S/C18H31N5O4/c1-7-9-23(17(26)19-11-16(25)27-8-2)12-15(24)20-14-10-13(18(3,4)5)21-22(14)6/h10H,7-9,11-12H2,1-6H3,(H,19,26)(H,20,24). The first-order valence-corrected chi connectivity index (χ1v) is 9.11. The van der Waals surface area contributed by atoms with Gasteiger partial charge in [-0.05, 0) is 13.3 Å². The highest BCUT2D eigenvalue weighted by Gasteiger charge is 2.21. The number of hydrogen-bond donors (Lipinski definition) is 2. The van der Waals surface area contributed by atoms with Crippen LogP contribution in [0.5, 0.6) is 0 Å². The fraction of sp³-hybridized carbons (Fsp3) is 0.667. The second-order valence-corrected chi connectivity index (χ2v) is 7.22. The van der Waals surface area contributed by atoms with Crippen molar-refractivity contribution in [3.63, 3.8) is 0 Å². The van der Waals surface area contributed by atoms with Gasteiger partial charge in [0, 0.05) is 25.1 Å². The first kappa shape index (κ1) is 22.5. The van der Waals surface area contributed by atoms with Gasteiger partial charge in [-0.25, -0.2) is 4.79 Å². The van der Waals surface area contributed by atoms with Crippen LogP contribution in [-0.2, 0) is 26.8 Å². The molecule has 0 spiro atoms. The Morgan fingerprint density at radius 3 is 2.44 bits per heavy atom. The summed E-state index contributed by atoms with van der Waals surface area (Å²) in [6, 6.07) is 1.34. The Kier molecular flexibility index (Phi) is 8.27. The molecule has 0 bridgehead atoms. The van der Waals surface area contributed by atoms with Crippen molar-refractivity contribution in [1.29, 1.82) is 0 Å². The van der Waals surface area contributed by atoms with Gasteiger partial charge in [0.1, 0.15) is 18.9 Å². The summed E-state index contributed by atoms with van der Waals surface area (Å²) in [5.41, 5.74) is 0.722. The minimum Gasteiger partial charge on any atom is -0.465 e. The van der Waals surface area contributed by atoms with Crippen molar-refractivity contribution < 1.29 is 19.1 Å². The van der Waals surface area contributed by atoms with Crippen molar-refractivity contribution in [3.8, 4) is 0 Å². The molecule has 9 nitrogen and oxygen atoms in total. The molecule has 0 saturated carbocycles. The molecule has 27 heavy (non-hydrogen) atoms. The molecule has 0 saturated heterocycles. The lowest BCUT2D eigenvalue weighted by atomic mass is 9.92. The van der Waals surface area contributed by atoms with E-state index in [0.29, 0.717) is 18.8 Å². The van der Waals surface area contributed by atoms with Crippen LogP contribution in [0.25, 0.3) is 0 Å². The first-order chi connectivity index (χ1) is 12.6.